The van der Waals surface area contributed by atoms with Gasteiger partial charge >= 0.3 is 11.9 Å². The third-order valence-electron chi connectivity index (χ3n) is 6.74. The summed E-state index contributed by atoms with van der Waals surface area (Å²) in [4.78, 5) is 43.3. The van der Waals surface area contributed by atoms with E-state index >= 15 is 0 Å². The van der Waals surface area contributed by atoms with Gasteiger partial charge in [-0.2, -0.15) is 0 Å². The molecule has 0 aromatic heterocycles. The highest BCUT2D eigenvalue weighted by Crippen LogP contribution is 2.42. The Kier molecular flexibility index (Phi) is 11.9. The largest absolute Gasteiger partial charge is 0.468 e. The van der Waals surface area contributed by atoms with Gasteiger partial charge in [-0.05, 0) is 55.4 Å². The van der Waals surface area contributed by atoms with Crippen LogP contribution < -0.4 is 0 Å². The highest BCUT2D eigenvalue weighted by Gasteiger charge is 2.43. The maximum Gasteiger partial charge on any atom is 0.336 e. The molecule has 3 rings (SSSR count). The molecular weight excluding hydrogens is 532 g/mol. The van der Waals surface area contributed by atoms with Gasteiger partial charge in [-0.1, -0.05) is 38.1 Å². The maximum atomic E-state index is 13.5. The molecule has 0 saturated heterocycles. The Labute approximate surface area is 238 Å². The van der Waals surface area contributed by atoms with E-state index in [1.54, 1.807) is 23.9 Å². The molecule has 2 atom stereocenters. The number of nitrogens with zero attached hydrogens (tertiary/aromatic N) is 2. The van der Waals surface area contributed by atoms with E-state index in [2.05, 4.69) is 17.1 Å². The number of aliphatic imine (C=N–C) groups is 1. The van der Waals surface area contributed by atoms with Crippen LogP contribution in [0.15, 0.2) is 69.7 Å². The predicted molar refractivity (Wildman–Crippen MR) is 155 cm³/mol. The van der Waals surface area contributed by atoms with Crippen LogP contribution in [0.1, 0.15) is 56.6 Å². The van der Waals surface area contributed by atoms with Crippen molar-refractivity contribution in [2.45, 2.75) is 56.8 Å². The van der Waals surface area contributed by atoms with Crippen LogP contribution in [0.5, 0.6) is 0 Å². The van der Waals surface area contributed by atoms with Gasteiger partial charge in [0.05, 0.1) is 29.9 Å². The highest BCUT2D eigenvalue weighted by atomic mass is 32.2. The van der Waals surface area contributed by atoms with E-state index in [0.717, 1.165) is 23.5 Å². The zero-order valence-corrected chi connectivity index (χ0v) is 23.9. The molecule has 0 aliphatic carbocycles. The van der Waals surface area contributed by atoms with Gasteiger partial charge in [0.15, 0.2) is 0 Å². The molecule has 2 aromatic rings. The van der Waals surface area contributed by atoms with Crippen LogP contribution in [0.4, 0.5) is 5.69 Å². The fourth-order valence-corrected chi connectivity index (χ4v) is 5.60. The number of aryl methyl sites for hydroxylation is 1. The number of ether oxygens (including phenoxy) is 2. The Bertz CT molecular complexity index is 1260. The molecule has 2 unspecified atom stereocenters. The third-order valence-corrected chi connectivity index (χ3v) is 7.84. The Morgan fingerprint density at radius 2 is 1.85 bits per heavy atom. The second kappa shape index (κ2) is 15.3. The van der Waals surface area contributed by atoms with E-state index < -0.39 is 28.7 Å². The lowest BCUT2D eigenvalue weighted by molar-refractivity contribution is -0.384. The number of hydrogen-bond acceptors (Lipinski definition) is 9. The summed E-state index contributed by atoms with van der Waals surface area (Å²) in [7, 11) is 1.28. The van der Waals surface area contributed by atoms with Crippen molar-refractivity contribution in [2.24, 2.45) is 10.9 Å². The van der Waals surface area contributed by atoms with Gasteiger partial charge in [-0.3, -0.25) is 19.9 Å². The zero-order valence-electron chi connectivity index (χ0n) is 23.1. The van der Waals surface area contributed by atoms with E-state index in [0.29, 0.717) is 36.2 Å². The number of hydrogen-bond donors (Lipinski definition) is 1. The number of carbonyl (C=O) groups is 2. The molecule has 214 valence electrons. The lowest BCUT2D eigenvalue weighted by Crippen LogP contribution is -2.37. The average molecular weight is 569 g/mol. The molecule has 0 saturated carbocycles. The van der Waals surface area contributed by atoms with E-state index in [1.807, 2.05) is 26.0 Å². The number of thioether (sulfide) groups is 1. The number of aliphatic hydroxyl groups is 1. The number of nitro groups is 1. The second-order valence-electron chi connectivity index (χ2n) is 9.31. The van der Waals surface area contributed by atoms with Crippen molar-refractivity contribution in [1.29, 1.82) is 0 Å². The molecule has 2 aromatic carbocycles. The first-order valence-corrected chi connectivity index (χ1v) is 14.4. The topological polar surface area (TPSA) is 128 Å². The number of benzene rings is 2. The molecule has 0 amide bonds. The van der Waals surface area contributed by atoms with Gasteiger partial charge < -0.3 is 14.6 Å². The summed E-state index contributed by atoms with van der Waals surface area (Å²) in [5, 5.41) is 20.5. The first kappa shape index (κ1) is 31.0. The van der Waals surface area contributed by atoms with Crippen LogP contribution in [0, 0.1) is 16.0 Å². The zero-order chi connectivity index (χ0) is 29.1. The van der Waals surface area contributed by atoms with Crippen molar-refractivity contribution < 1.29 is 29.1 Å². The smallest absolute Gasteiger partial charge is 0.336 e. The number of esters is 2. The summed E-state index contributed by atoms with van der Waals surface area (Å²) >= 11 is 1.66. The van der Waals surface area contributed by atoms with Gasteiger partial charge in [0.2, 0.25) is 0 Å². The van der Waals surface area contributed by atoms with Gasteiger partial charge in [0.25, 0.3) is 5.69 Å². The molecule has 1 heterocycles. The number of non-ortho nitro benzene ring substituents is 1. The Morgan fingerprint density at radius 1 is 1.10 bits per heavy atom. The summed E-state index contributed by atoms with van der Waals surface area (Å²) in [6.45, 7) is 4.09. The lowest BCUT2D eigenvalue weighted by Gasteiger charge is -2.32. The monoisotopic (exact) mass is 568 g/mol. The predicted octanol–water partition coefficient (Wildman–Crippen LogP) is 5.65. The number of allylic oxidation sites excluding steroid dienone is 1. The standard InChI is InChI=1S/C30H36N2O7S/c1-4-24-27(29(34)38-3)26(21-10-6-11-22(19-21)32(36)37)28(25(5-2)31-24)30(35)39-17-8-18-40-23-14-12-20(13-15-23)9-7-16-33/h6,10-15,19,26-27,33H,4-5,7-9,16-18H2,1-3H3. The lowest BCUT2D eigenvalue weighted by atomic mass is 9.74. The molecule has 10 heteroatoms. The fraction of sp³-hybridized carbons (Fsp3) is 0.433. The van der Waals surface area contributed by atoms with Crippen molar-refractivity contribution in [3.05, 3.63) is 81.0 Å². The number of methoxy groups -OCH3 is 1. The first-order valence-electron chi connectivity index (χ1n) is 13.5. The SMILES string of the molecule is CCC1=NC(CC)=C(C(=O)OCCCSc2ccc(CCCO)cc2)C(c2cccc([N+](=O)[O-])c2)C1C(=O)OC. The molecule has 9 nitrogen and oxygen atoms in total. The Morgan fingerprint density at radius 3 is 2.48 bits per heavy atom. The van der Waals surface area contributed by atoms with Crippen LogP contribution in [-0.2, 0) is 25.5 Å². The Balaban J connectivity index is 1.78. The van der Waals surface area contributed by atoms with Crippen molar-refractivity contribution in [3.8, 4) is 0 Å². The van der Waals surface area contributed by atoms with Crippen molar-refractivity contribution in [2.75, 3.05) is 26.1 Å². The number of rotatable bonds is 14. The second-order valence-corrected chi connectivity index (χ2v) is 10.5. The summed E-state index contributed by atoms with van der Waals surface area (Å²) < 4.78 is 10.8. The number of aliphatic hydroxyl groups excluding tert-OH is 1. The van der Waals surface area contributed by atoms with E-state index in [1.165, 1.54) is 24.8 Å². The van der Waals surface area contributed by atoms with Gasteiger partial charge in [-0.25, -0.2) is 4.79 Å². The Hall–Kier alpha value is -3.50. The van der Waals surface area contributed by atoms with Gasteiger partial charge in [-0.15, -0.1) is 11.8 Å². The van der Waals surface area contributed by atoms with E-state index in [-0.39, 0.29) is 24.5 Å². The molecule has 1 aliphatic heterocycles. The van der Waals surface area contributed by atoms with Gasteiger partial charge in [0.1, 0.15) is 5.92 Å². The number of carbonyl (C=O) groups excluding carboxylic acids is 2. The third kappa shape index (κ3) is 7.79. The maximum absolute atomic E-state index is 13.5. The van der Waals surface area contributed by atoms with Crippen molar-refractivity contribution in [1.82, 2.24) is 0 Å². The minimum absolute atomic E-state index is 0.133. The molecule has 0 radical (unpaired) electrons. The van der Waals surface area contributed by atoms with Gasteiger partial charge in [0, 0.05) is 41.0 Å². The van der Waals surface area contributed by atoms with Crippen molar-refractivity contribution >= 4 is 35.1 Å². The van der Waals surface area contributed by atoms with Crippen LogP contribution in [0.25, 0.3) is 0 Å². The summed E-state index contributed by atoms with van der Waals surface area (Å²) in [6, 6.07) is 14.2. The van der Waals surface area contributed by atoms with Crippen molar-refractivity contribution in [3.63, 3.8) is 0 Å². The van der Waals surface area contributed by atoms with Crippen LogP contribution in [-0.4, -0.2) is 53.8 Å². The minimum atomic E-state index is -0.897. The van der Waals surface area contributed by atoms with Crippen LogP contribution in [0.3, 0.4) is 0 Å². The average Bonchev–Trinajstić information content (AvgIpc) is 2.98. The summed E-state index contributed by atoms with van der Waals surface area (Å²) in [6.07, 6.45) is 3.07. The van der Waals surface area contributed by atoms with Crippen LogP contribution in [0.2, 0.25) is 0 Å². The molecule has 40 heavy (non-hydrogen) atoms. The molecule has 0 spiro atoms. The number of nitro benzene ring substituents is 1. The molecule has 0 fully saturated rings. The quantitative estimate of drug-likeness (QED) is 0.102. The molecule has 1 N–H and O–H groups in total. The van der Waals surface area contributed by atoms with Crippen LogP contribution >= 0.6 is 11.8 Å². The molecular formula is C30H36N2O7S. The van der Waals surface area contributed by atoms with E-state index in [9.17, 15) is 19.7 Å². The fourth-order valence-electron chi connectivity index (χ4n) is 4.77. The minimum Gasteiger partial charge on any atom is -0.468 e. The first-order chi connectivity index (χ1) is 19.3. The molecule has 0 bridgehead atoms. The summed E-state index contributed by atoms with van der Waals surface area (Å²) in [5.41, 5.74) is 2.82. The molecule has 1 aliphatic rings. The highest BCUT2D eigenvalue weighted by molar-refractivity contribution is 7.99. The van der Waals surface area contributed by atoms with E-state index in [4.69, 9.17) is 14.6 Å². The summed E-state index contributed by atoms with van der Waals surface area (Å²) in [5.74, 6) is -2.12. The normalized spacial score (nSPS) is 16.9.